The summed E-state index contributed by atoms with van der Waals surface area (Å²) in [7, 11) is 0. The van der Waals surface area contributed by atoms with Crippen LogP contribution in [0.1, 0.15) is 32.5 Å². The Morgan fingerprint density at radius 2 is 1.74 bits per heavy atom. The molecule has 0 aliphatic heterocycles. The molecule has 138 valence electrons. The monoisotopic (exact) mass is 363 g/mol. The Balaban J connectivity index is 1.62. The van der Waals surface area contributed by atoms with E-state index >= 15 is 0 Å². The van der Waals surface area contributed by atoms with Crippen LogP contribution in [-0.2, 0) is 6.42 Å². The average Bonchev–Trinajstić information content (AvgIpc) is 3.29. The summed E-state index contributed by atoms with van der Waals surface area (Å²) in [4.78, 5) is 4.64. The molecule has 2 aromatic heterocycles. The molecule has 4 aromatic rings. The van der Waals surface area contributed by atoms with Crippen molar-refractivity contribution >= 4 is 10.9 Å². The number of aromatic nitrogens is 5. The molecule has 0 aliphatic carbocycles. The maximum absolute atomic E-state index is 13.2. The van der Waals surface area contributed by atoms with Gasteiger partial charge in [-0.05, 0) is 54.8 Å². The van der Waals surface area contributed by atoms with E-state index in [-0.39, 0.29) is 5.82 Å². The Kier molecular flexibility index (Phi) is 4.71. The van der Waals surface area contributed by atoms with Gasteiger partial charge in [0, 0.05) is 22.9 Å². The topological polar surface area (TPSA) is 70.2 Å². The van der Waals surface area contributed by atoms with Gasteiger partial charge in [-0.15, -0.1) is 0 Å². The van der Waals surface area contributed by atoms with Gasteiger partial charge in [0.25, 0.3) is 0 Å². The third-order valence-electron chi connectivity index (χ3n) is 4.67. The molecule has 0 atom stereocenters. The smallest absolute Gasteiger partial charge is 0.181 e. The fourth-order valence-corrected chi connectivity index (χ4v) is 3.19. The van der Waals surface area contributed by atoms with Crippen molar-refractivity contribution in [2.24, 2.45) is 5.92 Å². The van der Waals surface area contributed by atoms with Gasteiger partial charge in [-0.25, -0.2) is 9.37 Å². The number of nitrogens with one attached hydrogen (secondary N) is 2. The molecule has 0 radical (unpaired) electrons. The first-order valence-corrected chi connectivity index (χ1v) is 9.26. The van der Waals surface area contributed by atoms with E-state index in [2.05, 4.69) is 39.2 Å². The number of halogens is 1. The van der Waals surface area contributed by atoms with E-state index in [1.165, 1.54) is 18.6 Å². The summed E-state index contributed by atoms with van der Waals surface area (Å²) in [6.45, 7) is 4.45. The highest BCUT2D eigenvalue weighted by Crippen LogP contribution is 2.29. The first kappa shape index (κ1) is 17.4. The number of aromatic amines is 2. The molecule has 0 amide bonds. The molecule has 0 aliphatic rings. The van der Waals surface area contributed by atoms with Gasteiger partial charge in [0.1, 0.15) is 11.6 Å². The normalized spacial score (nSPS) is 11.6. The van der Waals surface area contributed by atoms with Crippen LogP contribution in [0.5, 0.6) is 0 Å². The molecule has 2 aromatic carbocycles. The number of aryl methyl sites for hydroxylation is 1. The van der Waals surface area contributed by atoms with Crippen molar-refractivity contribution in [2.45, 2.75) is 33.1 Å². The SMILES string of the molecule is CC(C)CCCc1nc(-c2ccc3[nH]nc(-c4ccc(F)cc4)c3c2)n[nH]1. The van der Waals surface area contributed by atoms with Crippen molar-refractivity contribution in [3.63, 3.8) is 0 Å². The molecule has 0 bridgehead atoms. The molecule has 0 saturated heterocycles. The number of H-pyrrole nitrogens is 2. The van der Waals surface area contributed by atoms with Gasteiger partial charge in [0.15, 0.2) is 5.82 Å². The highest BCUT2D eigenvalue weighted by atomic mass is 19.1. The van der Waals surface area contributed by atoms with Crippen LogP contribution in [-0.4, -0.2) is 25.4 Å². The zero-order valence-electron chi connectivity index (χ0n) is 15.5. The summed E-state index contributed by atoms with van der Waals surface area (Å²) < 4.78 is 13.2. The maximum Gasteiger partial charge on any atom is 0.181 e. The fraction of sp³-hybridized carbons (Fsp3) is 0.286. The Labute approximate surface area is 157 Å². The minimum atomic E-state index is -0.259. The van der Waals surface area contributed by atoms with Crippen LogP contribution >= 0.6 is 0 Å². The van der Waals surface area contributed by atoms with Gasteiger partial charge >= 0.3 is 0 Å². The molecule has 5 nitrogen and oxygen atoms in total. The van der Waals surface area contributed by atoms with E-state index in [1.807, 2.05) is 18.2 Å². The zero-order valence-corrected chi connectivity index (χ0v) is 15.5. The lowest BCUT2D eigenvalue weighted by molar-refractivity contribution is 0.550. The van der Waals surface area contributed by atoms with E-state index in [4.69, 9.17) is 0 Å². The Morgan fingerprint density at radius 1 is 0.963 bits per heavy atom. The minimum absolute atomic E-state index is 0.259. The minimum Gasteiger partial charge on any atom is -0.277 e. The van der Waals surface area contributed by atoms with Crippen molar-refractivity contribution in [3.05, 3.63) is 54.1 Å². The Morgan fingerprint density at radius 3 is 2.52 bits per heavy atom. The van der Waals surface area contributed by atoms with Crippen molar-refractivity contribution in [1.82, 2.24) is 25.4 Å². The molecular formula is C21H22FN5. The predicted octanol–water partition coefficient (Wildman–Crippen LogP) is 5.13. The fourth-order valence-electron chi connectivity index (χ4n) is 3.19. The van der Waals surface area contributed by atoms with Crippen LogP contribution < -0.4 is 0 Å². The summed E-state index contributed by atoms with van der Waals surface area (Å²) >= 11 is 0. The second kappa shape index (κ2) is 7.31. The van der Waals surface area contributed by atoms with Crippen LogP contribution in [0, 0.1) is 11.7 Å². The second-order valence-corrected chi connectivity index (χ2v) is 7.23. The van der Waals surface area contributed by atoms with Crippen LogP contribution in [0.4, 0.5) is 4.39 Å². The lowest BCUT2D eigenvalue weighted by Crippen LogP contribution is -1.92. The van der Waals surface area contributed by atoms with E-state index < -0.39 is 0 Å². The van der Waals surface area contributed by atoms with Gasteiger partial charge < -0.3 is 0 Å². The zero-order chi connectivity index (χ0) is 18.8. The number of nitrogens with zero attached hydrogens (tertiary/aromatic N) is 3. The molecule has 4 rings (SSSR count). The van der Waals surface area contributed by atoms with Gasteiger partial charge in [-0.1, -0.05) is 20.3 Å². The number of hydrogen-bond donors (Lipinski definition) is 2. The predicted molar refractivity (Wildman–Crippen MR) is 105 cm³/mol. The van der Waals surface area contributed by atoms with Gasteiger partial charge in [-0.2, -0.15) is 10.2 Å². The lowest BCUT2D eigenvalue weighted by Gasteiger charge is -2.01. The highest BCUT2D eigenvalue weighted by molar-refractivity contribution is 5.95. The molecule has 27 heavy (non-hydrogen) atoms. The molecule has 0 fully saturated rings. The van der Waals surface area contributed by atoms with E-state index in [0.717, 1.165) is 46.4 Å². The second-order valence-electron chi connectivity index (χ2n) is 7.23. The molecule has 6 heteroatoms. The van der Waals surface area contributed by atoms with E-state index in [0.29, 0.717) is 11.7 Å². The van der Waals surface area contributed by atoms with Crippen molar-refractivity contribution in [3.8, 4) is 22.6 Å². The van der Waals surface area contributed by atoms with E-state index in [1.54, 1.807) is 12.1 Å². The number of benzene rings is 2. The number of rotatable bonds is 6. The average molecular weight is 363 g/mol. The lowest BCUT2D eigenvalue weighted by atomic mass is 10.1. The maximum atomic E-state index is 13.2. The van der Waals surface area contributed by atoms with Crippen LogP contribution in [0.3, 0.4) is 0 Å². The van der Waals surface area contributed by atoms with Crippen molar-refractivity contribution in [1.29, 1.82) is 0 Å². The molecule has 2 heterocycles. The summed E-state index contributed by atoms with van der Waals surface area (Å²) in [5.41, 5.74) is 3.51. The number of hydrogen-bond acceptors (Lipinski definition) is 3. The van der Waals surface area contributed by atoms with E-state index in [9.17, 15) is 4.39 Å². The first-order valence-electron chi connectivity index (χ1n) is 9.26. The Hall–Kier alpha value is -3.02. The number of fused-ring (bicyclic) bond motifs is 1. The standard InChI is InChI=1S/C21H22FN5/c1-13(2)4-3-5-19-23-21(27-25-19)15-8-11-18-17(12-15)20(26-24-18)14-6-9-16(22)10-7-14/h6-13H,3-5H2,1-2H3,(H,24,26)(H,23,25,27). The quantitative estimate of drug-likeness (QED) is 0.499. The van der Waals surface area contributed by atoms with Crippen LogP contribution in [0.15, 0.2) is 42.5 Å². The van der Waals surface area contributed by atoms with Crippen molar-refractivity contribution in [2.75, 3.05) is 0 Å². The summed E-state index contributed by atoms with van der Waals surface area (Å²) in [5.74, 6) is 2.03. The van der Waals surface area contributed by atoms with Gasteiger partial charge in [-0.3, -0.25) is 10.2 Å². The molecule has 2 N–H and O–H groups in total. The molecule has 0 spiro atoms. The molecule has 0 saturated carbocycles. The molecular weight excluding hydrogens is 341 g/mol. The Bertz CT molecular complexity index is 1050. The largest absolute Gasteiger partial charge is 0.277 e. The van der Waals surface area contributed by atoms with Gasteiger partial charge in [0.05, 0.1) is 11.2 Å². The summed E-state index contributed by atoms with van der Waals surface area (Å²) in [6, 6.07) is 12.3. The van der Waals surface area contributed by atoms with Crippen molar-refractivity contribution < 1.29 is 4.39 Å². The summed E-state index contributed by atoms with van der Waals surface area (Å²) in [6.07, 6.45) is 3.18. The van der Waals surface area contributed by atoms with Crippen LogP contribution in [0.25, 0.3) is 33.5 Å². The summed E-state index contributed by atoms with van der Waals surface area (Å²) in [5, 5.41) is 15.8. The molecule has 0 unspecified atom stereocenters. The third kappa shape index (κ3) is 3.74. The third-order valence-corrected chi connectivity index (χ3v) is 4.67. The highest BCUT2D eigenvalue weighted by Gasteiger charge is 2.12. The van der Waals surface area contributed by atoms with Gasteiger partial charge in [0.2, 0.25) is 0 Å². The first-order chi connectivity index (χ1) is 13.1. The van der Waals surface area contributed by atoms with Crippen LogP contribution in [0.2, 0.25) is 0 Å².